The Bertz CT molecular complexity index is 218. The van der Waals surface area contributed by atoms with Crippen LogP contribution >= 0.6 is 11.3 Å². The van der Waals surface area contributed by atoms with Crippen LogP contribution in [0.25, 0.3) is 0 Å². The molecule has 0 amide bonds. The lowest BCUT2D eigenvalue weighted by molar-refractivity contribution is 0.588. The molecule has 3 heteroatoms. The van der Waals surface area contributed by atoms with Crippen molar-refractivity contribution in [1.29, 1.82) is 0 Å². The van der Waals surface area contributed by atoms with Gasteiger partial charge in [0, 0.05) is 17.1 Å². The maximum atomic E-state index is 4.03. The lowest BCUT2D eigenvalue weighted by Gasteiger charge is -2.09. The number of aromatic nitrogens is 1. The van der Waals surface area contributed by atoms with E-state index in [9.17, 15) is 0 Å². The summed E-state index contributed by atoms with van der Waals surface area (Å²) in [6, 6.07) is 0.414. The molecule has 1 heterocycles. The van der Waals surface area contributed by atoms with Gasteiger partial charge in [-0.05, 0) is 19.9 Å². The summed E-state index contributed by atoms with van der Waals surface area (Å²) in [7, 11) is 0. The SMILES string of the molecule is C=CCCNC(C)c1cncs1. The molecule has 0 aliphatic rings. The van der Waals surface area contributed by atoms with Crippen molar-refractivity contribution in [2.45, 2.75) is 19.4 Å². The van der Waals surface area contributed by atoms with E-state index in [0.29, 0.717) is 6.04 Å². The molecule has 0 aromatic carbocycles. The summed E-state index contributed by atoms with van der Waals surface area (Å²) < 4.78 is 0. The molecular weight excluding hydrogens is 168 g/mol. The van der Waals surface area contributed by atoms with E-state index in [-0.39, 0.29) is 0 Å². The Labute approximate surface area is 77.3 Å². The Hall–Kier alpha value is -0.670. The highest BCUT2D eigenvalue weighted by atomic mass is 32.1. The Balaban J connectivity index is 2.29. The highest BCUT2D eigenvalue weighted by Crippen LogP contribution is 2.15. The van der Waals surface area contributed by atoms with E-state index in [1.54, 1.807) is 11.3 Å². The molecule has 0 aliphatic heterocycles. The zero-order valence-corrected chi connectivity index (χ0v) is 8.10. The average molecular weight is 182 g/mol. The molecule has 1 aromatic heterocycles. The molecule has 1 rings (SSSR count). The van der Waals surface area contributed by atoms with Gasteiger partial charge in [-0.1, -0.05) is 6.08 Å². The number of nitrogens with zero attached hydrogens (tertiary/aromatic N) is 1. The molecule has 0 radical (unpaired) electrons. The van der Waals surface area contributed by atoms with Crippen LogP contribution in [0.15, 0.2) is 24.4 Å². The predicted octanol–water partition coefficient (Wildman–Crippen LogP) is 2.37. The van der Waals surface area contributed by atoms with Crippen LogP contribution in [0.2, 0.25) is 0 Å². The fourth-order valence-corrected chi connectivity index (χ4v) is 1.59. The van der Waals surface area contributed by atoms with E-state index in [4.69, 9.17) is 0 Å². The third-order valence-corrected chi connectivity index (χ3v) is 2.64. The number of hydrogen-bond donors (Lipinski definition) is 1. The van der Waals surface area contributed by atoms with E-state index >= 15 is 0 Å². The van der Waals surface area contributed by atoms with Crippen LogP contribution in [0, 0.1) is 0 Å². The highest BCUT2D eigenvalue weighted by Gasteiger charge is 2.04. The first-order valence-corrected chi connectivity index (χ1v) is 4.95. The van der Waals surface area contributed by atoms with E-state index in [1.807, 2.05) is 17.8 Å². The fourth-order valence-electron chi connectivity index (χ4n) is 0.942. The minimum absolute atomic E-state index is 0.414. The number of rotatable bonds is 5. The minimum Gasteiger partial charge on any atom is -0.309 e. The normalized spacial score (nSPS) is 12.8. The first-order chi connectivity index (χ1) is 5.84. The molecule has 1 aromatic rings. The first-order valence-electron chi connectivity index (χ1n) is 4.07. The molecule has 0 spiro atoms. The third-order valence-electron chi connectivity index (χ3n) is 1.68. The number of nitrogens with one attached hydrogen (secondary N) is 1. The summed E-state index contributed by atoms with van der Waals surface area (Å²) in [6.45, 7) is 6.81. The van der Waals surface area contributed by atoms with Gasteiger partial charge in [-0.15, -0.1) is 17.9 Å². The average Bonchev–Trinajstić information content (AvgIpc) is 2.56. The van der Waals surface area contributed by atoms with Gasteiger partial charge in [0.2, 0.25) is 0 Å². The second kappa shape index (κ2) is 5.06. The van der Waals surface area contributed by atoms with Crippen molar-refractivity contribution in [3.63, 3.8) is 0 Å². The molecule has 1 unspecified atom stereocenters. The molecule has 0 aliphatic carbocycles. The van der Waals surface area contributed by atoms with Gasteiger partial charge in [-0.3, -0.25) is 4.98 Å². The largest absolute Gasteiger partial charge is 0.309 e. The van der Waals surface area contributed by atoms with Crippen molar-refractivity contribution in [2.75, 3.05) is 6.54 Å². The Morgan fingerprint density at radius 2 is 2.67 bits per heavy atom. The molecule has 1 N–H and O–H groups in total. The Morgan fingerprint density at radius 3 is 3.25 bits per heavy atom. The molecule has 12 heavy (non-hydrogen) atoms. The maximum Gasteiger partial charge on any atom is 0.0794 e. The third kappa shape index (κ3) is 2.75. The van der Waals surface area contributed by atoms with Gasteiger partial charge in [0.1, 0.15) is 0 Å². The van der Waals surface area contributed by atoms with Crippen LogP contribution in [0.3, 0.4) is 0 Å². The van der Waals surface area contributed by atoms with Gasteiger partial charge in [-0.25, -0.2) is 0 Å². The van der Waals surface area contributed by atoms with Gasteiger partial charge in [0.15, 0.2) is 0 Å². The number of hydrogen-bond acceptors (Lipinski definition) is 3. The van der Waals surface area contributed by atoms with Gasteiger partial charge in [0.05, 0.1) is 5.51 Å². The topological polar surface area (TPSA) is 24.9 Å². The van der Waals surface area contributed by atoms with Crippen LogP contribution in [-0.4, -0.2) is 11.5 Å². The predicted molar refractivity (Wildman–Crippen MR) is 53.3 cm³/mol. The summed E-state index contributed by atoms with van der Waals surface area (Å²) in [5.41, 5.74) is 1.86. The van der Waals surface area contributed by atoms with Crippen molar-refractivity contribution in [2.24, 2.45) is 0 Å². The minimum atomic E-state index is 0.414. The van der Waals surface area contributed by atoms with E-state index in [2.05, 4.69) is 23.8 Å². The first kappa shape index (κ1) is 9.42. The molecule has 0 saturated heterocycles. The molecule has 0 saturated carbocycles. The standard InChI is InChI=1S/C9H14N2S/c1-3-4-5-11-8(2)9-6-10-7-12-9/h3,6-8,11H,1,4-5H2,2H3. The van der Waals surface area contributed by atoms with Crippen LogP contribution < -0.4 is 5.32 Å². The Kier molecular flexibility index (Phi) is 3.97. The summed E-state index contributed by atoms with van der Waals surface area (Å²) in [5.74, 6) is 0. The second-order valence-corrected chi connectivity index (χ2v) is 3.57. The fraction of sp³-hybridized carbons (Fsp3) is 0.444. The van der Waals surface area contributed by atoms with Gasteiger partial charge < -0.3 is 5.32 Å². The van der Waals surface area contributed by atoms with Crippen molar-refractivity contribution in [3.8, 4) is 0 Å². The van der Waals surface area contributed by atoms with Crippen LogP contribution in [-0.2, 0) is 0 Å². The van der Waals surface area contributed by atoms with Gasteiger partial charge >= 0.3 is 0 Å². The summed E-state index contributed by atoms with van der Waals surface area (Å²) in [5, 5.41) is 3.39. The van der Waals surface area contributed by atoms with Crippen molar-refractivity contribution < 1.29 is 0 Å². The highest BCUT2D eigenvalue weighted by molar-refractivity contribution is 7.09. The van der Waals surface area contributed by atoms with Gasteiger partial charge in [-0.2, -0.15) is 0 Å². The zero-order valence-electron chi connectivity index (χ0n) is 7.29. The van der Waals surface area contributed by atoms with E-state index < -0.39 is 0 Å². The van der Waals surface area contributed by atoms with Crippen LogP contribution in [0.5, 0.6) is 0 Å². The smallest absolute Gasteiger partial charge is 0.0794 e. The zero-order chi connectivity index (χ0) is 8.81. The monoisotopic (exact) mass is 182 g/mol. The summed E-state index contributed by atoms with van der Waals surface area (Å²) in [4.78, 5) is 5.32. The second-order valence-electron chi connectivity index (χ2n) is 2.66. The summed E-state index contributed by atoms with van der Waals surface area (Å²) in [6.07, 6.45) is 4.85. The van der Waals surface area contributed by atoms with Crippen molar-refractivity contribution >= 4 is 11.3 Å². The number of thiazole rings is 1. The summed E-state index contributed by atoms with van der Waals surface area (Å²) >= 11 is 1.69. The molecule has 1 atom stereocenters. The lowest BCUT2D eigenvalue weighted by Crippen LogP contribution is -2.18. The van der Waals surface area contributed by atoms with Crippen LogP contribution in [0.1, 0.15) is 24.3 Å². The molecule has 2 nitrogen and oxygen atoms in total. The van der Waals surface area contributed by atoms with E-state index in [1.165, 1.54) is 4.88 Å². The lowest BCUT2D eigenvalue weighted by atomic mass is 10.3. The molecular formula is C9H14N2S. The maximum absolute atomic E-state index is 4.03. The molecule has 66 valence electrons. The van der Waals surface area contributed by atoms with Gasteiger partial charge in [0.25, 0.3) is 0 Å². The van der Waals surface area contributed by atoms with E-state index in [0.717, 1.165) is 13.0 Å². The van der Waals surface area contributed by atoms with Crippen molar-refractivity contribution in [1.82, 2.24) is 10.3 Å². The van der Waals surface area contributed by atoms with Crippen LogP contribution in [0.4, 0.5) is 0 Å². The molecule has 0 fully saturated rings. The Morgan fingerprint density at radius 1 is 1.83 bits per heavy atom. The van der Waals surface area contributed by atoms with Crippen molar-refractivity contribution in [3.05, 3.63) is 29.2 Å². The quantitative estimate of drug-likeness (QED) is 0.558. The molecule has 0 bridgehead atoms.